The van der Waals surface area contributed by atoms with E-state index in [4.69, 9.17) is 17.0 Å². The molecule has 39 heavy (non-hydrogen) atoms. The first-order valence-corrected chi connectivity index (χ1v) is 13.8. The molecule has 5 rings (SSSR count). The number of rotatable bonds is 7. The zero-order chi connectivity index (χ0) is 27.7. The fourth-order valence-corrected chi connectivity index (χ4v) is 6.10. The van der Waals surface area contributed by atoms with Gasteiger partial charge in [-0.15, -0.1) is 0 Å². The molecule has 7 nitrogen and oxygen atoms in total. The van der Waals surface area contributed by atoms with Crippen molar-refractivity contribution in [3.63, 3.8) is 0 Å². The highest BCUT2D eigenvalue weighted by atomic mass is 79.9. The number of halogens is 1. The van der Waals surface area contributed by atoms with Crippen LogP contribution in [-0.2, 0) is 9.53 Å². The number of thiocarbonyl (C=S) groups is 1. The van der Waals surface area contributed by atoms with Crippen molar-refractivity contribution in [3.05, 3.63) is 106 Å². The van der Waals surface area contributed by atoms with Gasteiger partial charge in [0.1, 0.15) is 6.61 Å². The van der Waals surface area contributed by atoms with Gasteiger partial charge in [0.05, 0.1) is 23.5 Å². The van der Waals surface area contributed by atoms with Crippen LogP contribution in [0.3, 0.4) is 0 Å². The maximum atomic E-state index is 12.1. The maximum Gasteiger partial charge on any atom is 0.250 e. The standard InChI is InChI=1S/C30H30BrN5O2S/c1-18-15-21(12-13-24(18)33-27(37)17-38-4)36-29(28(34-30(36)39)25-10-7-8-14-32-25)22-16-19(2)35(20(22)3)26-11-6-5-9-23(26)31/h5-16,28-29H,17H2,1-4H3,(H,33,37)(H,34,39)/t28-,29+/m0/s1. The lowest BCUT2D eigenvalue weighted by Gasteiger charge is -2.29. The maximum absolute atomic E-state index is 12.1. The van der Waals surface area contributed by atoms with E-state index in [1.807, 2.05) is 55.6 Å². The van der Waals surface area contributed by atoms with Crippen LogP contribution in [0.25, 0.3) is 5.69 Å². The van der Waals surface area contributed by atoms with E-state index < -0.39 is 0 Å². The Bertz CT molecular complexity index is 1540. The molecule has 0 bridgehead atoms. The van der Waals surface area contributed by atoms with Crippen LogP contribution in [0.15, 0.2) is 77.4 Å². The fraction of sp³-hybridized carbons (Fsp3) is 0.233. The molecule has 2 N–H and O–H groups in total. The molecule has 1 amide bonds. The second-order valence-corrected chi connectivity index (χ2v) is 10.8. The summed E-state index contributed by atoms with van der Waals surface area (Å²) < 4.78 is 8.26. The lowest BCUT2D eigenvalue weighted by molar-refractivity contribution is -0.119. The van der Waals surface area contributed by atoms with Crippen molar-refractivity contribution in [1.82, 2.24) is 14.9 Å². The third-order valence-electron chi connectivity index (χ3n) is 7.02. The Labute approximate surface area is 242 Å². The summed E-state index contributed by atoms with van der Waals surface area (Å²) in [7, 11) is 1.50. The number of nitrogens with one attached hydrogen (secondary N) is 2. The Kier molecular flexibility index (Phi) is 7.83. The number of ether oxygens (including phenoxy) is 1. The molecular weight excluding hydrogens is 574 g/mol. The van der Waals surface area contributed by atoms with Crippen LogP contribution in [0, 0.1) is 20.8 Å². The van der Waals surface area contributed by atoms with E-state index in [9.17, 15) is 4.79 Å². The average Bonchev–Trinajstić information content (AvgIpc) is 3.41. The van der Waals surface area contributed by atoms with Gasteiger partial charge in [0.2, 0.25) is 5.91 Å². The topological polar surface area (TPSA) is 71.4 Å². The summed E-state index contributed by atoms with van der Waals surface area (Å²) in [5.74, 6) is -0.195. The van der Waals surface area contributed by atoms with Gasteiger partial charge in [0.25, 0.3) is 0 Å². The van der Waals surface area contributed by atoms with Gasteiger partial charge in [-0.2, -0.15) is 0 Å². The molecule has 2 aromatic carbocycles. The number of aryl methyl sites for hydroxylation is 2. The summed E-state index contributed by atoms with van der Waals surface area (Å²) in [5.41, 5.74) is 8.01. The van der Waals surface area contributed by atoms with Gasteiger partial charge >= 0.3 is 0 Å². The summed E-state index contributed by atoms with van der Waals surface area (Å²) in [4.78, 5) is 19.0. The Balaban J connectivity index is 1.62. The monoisotopic (exact) mass is 603 g/mol. The molecule has 1 saturated heterocycles. The largest absolute Gasteiger partial charge is 0.375 e. The van der Waals surface area contributed by atoms with Gasteiger partial charge < -0.3 is 24.8 Å². The zero-order valence-corrected chi connectivity index (χ0v) is 24.6. The first-order valence-electron chi connectivity index (χ1n) is 12.6. The molecule has 0 aliphatic carbocycles. The molecule has 9 heteroatoms. The zero-order valence-electron chi connectivity index (χ0n) is 22.2. The molecule has 2 atom stereocenters. The minimum absolute atomic E-state index is 0.00228. The van der Waals surface area contributed by atoms with E-state index in [-0.39, 0.29) is 24.6 Å². The van der Waals surface area contributed by atoms with Gasteiger partial charge in [0, 0.05) is 40.5 Å². The molecule has 0 spiro atoms. The first-order chi connectivity index (χ1) is 18.8. The Morgan fingerprint density at radius 3 is 2.56 bits per heavy atom. The normalized spacial score (nSPS) is 16.8. The van der Waals surface area contributed by atoms with Gasteiger partial charge in [-0.3, -0.25) is 9.78 Å². The van der Waals surface area contributed by atoms with Gasteiger partial charge in [0.15, 0.2) is 5.11 Å². The van der Waals surface area contributed by atoms with Gasteiger partial charge in [-0.1, -0.05) is 18.2 Å². The summed E-state index contributed by atoms with van der Waals surface area (Å²) in [5, 5.41) is 7.08. The molecule has 0 unspecified atom stereocenters. The van der Waals surface area contributed by atoms with E-state index >= 15 is 0 Å². The molecule has 0 saturated carbocycles. The Morgan fingerprint density at radius 2 is 1.87 bits per heavy atom. The van der Waals surface area contributed by atoms with E-state index in [0.29, 0.717) is 5.11 Å². The van der Waals surface area contributed by atoms with E-state index in [1.54, 1.807) is 0 Å². The fourth-order valence-electron chi connectivity index (χ4n) is 5.30. The number of amides is 1. The van der Waals surface area contributed by atoms with Crippen LogP contribution in [0.5, 0.6) is 0 Å². The molecule has 2 aromatic heterocycles. The Morgan fingerprint density at radius 1 is 1.10 bits per heavy atom. The molecule has 4 aromatic rings. The lowest BCUT2D eigenvalue weighted by atomic mass is 9.96. The van der Waals surface area contributed by atoms with Crippen molar-refractivity contribution in [2.24, 2.45) is 0 Å². The van der Waals surface area contributed by atoms with Crippen LogP contribution in [0.1, 0.15) is 40.3 Å². The molecule has 1 aliphatic rings. The SMILES string of the molecule is COCC(=O)Nc1ccc(N2C(=S)N[C@@H](c3ccccn3)[C@H]2c2cc(C)n(-c3ccccc3Br)c2C)cc1C. The van der Waals surface area contributed by atoms with E-state index in [1.165, 1.54) is 7.11 Å². The third-order valence-corrected chi connectivity index (χ3v) is 8.00. The molecule has 1 aliphatic heterocycles. The number of pyridine rings is 1. The molecule has 0 radical (unpaired) electrons. The van der Waals surface area contributed by atoms with Crippen molar-refractivity contribution in [2.45, 2.75) is 32.9 Å². The minimum Gasteiger partial charge on any atom is -0.375 e. The van der Waals surface area contributed by atoms with Crippen molar-refractivity contribution >= 4 is 50.5 Å². The van der Waals surface area contributed by atoms with Crippen LogP contribution in [0.2, 0.25) is 0 Å². The molecular formula is C30H30BrN5O2S. The number of methoxy groups -OCH3 is 1. The van der Waals surface area contributed by atoms with Crippen LogP contribution in [0.4, 0.5) is 11.4 Å². The highest BCUT2D eigenvalue weighted by Gasteiger charge is 2.42. The number of aromatic nitrogens is 2. The average molecular weight is 605 g/mol. The number of carbonyl (C=O) groups is 1. The van der Waals surface area contributed by atoms with Gasteiger partial charge in [-0.05, 0) is 109 Å². The van der Waals surface area contributed by atoms with Crippen molar-refractivity contribution in [2.75, 3.05) is 23.9 Å². The second-order valence-electron chi connectivity index (χ2n) is 9.59. The van der Waals surface area contributed by atoms with E-state index in [2.05, 4.69) is 79.1 Å². The number of benzene rings is 2. The second kappa shape index (κ2) is 11.3. The van der Waals surface area contributed by atoms with Crippen molar-refractivity contribution in [3.8, 4) is 5.69 Å². The highest BCUT2D eigenvalue weighted by Crippen LogP contribution is 2.44. The van der Waals surface area contributed by atoms with Crippen LogP contribution < -0.4 is 15.5 Å². The predicted molar refractivity (Wildman–Crippen MR) is 163 cm³/mol. The molecule has 200 valence electrons. The van der Waals surface area contributed by atoms with Crippen molar-refractivity contribution in [1.29, 1.82) is 0 Å². The van der Waals surface area contributed by atoms with Crippen molar-refractivity contribution < 1.29 is 9.53 Å². The van der Waals surface area contributed by atoms with Crippen LogP contribution >= 0.6 is 28.1 Å². The summed E-state index contributed by atoms with van der Waals surface area (Å²) in [6.07, 6.45) is 1.81. The summed E-state index contributed by atoms with van der Waals surface area (Å²) in [6, 6.07) is 22.1. The molecule has 1 fully saturated rings. The van der Waals surface area contributed by atoms with E-state index in [0.717, 1.165) is 49.7 Å². The number of para-hydroxylation sites is 1. The highest BCUT2D eigenvalue weighted by molar-refractivity contribution is 9.10. The summed E-state index contributed by atoms with van der Waals surface area (Å²) in [6.45, 7) is 6.25. The third kappa shape index (κ3) is 5.22. The number of anilines is 2. The first kappa shape index (κ1) is 27.1. The minimum atomic E-state index is -0.195. The predicted octanol–water partition coefficient (Wildman–Crippen LogP) is 6.32. The number of carbonyl (C=O) groups excluding carboxylic acids is 1. The quantitative estimate of drug-likeness (QED) is 0.241. The number of nitrogens with zero attached hydrogens (tertiary/aromatic N) is 3. The summed E-state index contributed by atoms with van der Waals surface area (Å²) >= 11 is 9.67. The van der Waals surface area contributed by atoms with Gasteiger partial charge in [-0.25, -0.2) is 0 Å². The van der Waals surface area contributed by atoms with Crippen LogP contribution in [-0.4, -0.2) is 34.3 Å². The smallest absolute Gasteiger partial charge is 0.250 e. The lowest BCUT2D eigenvalue weighted by Crippen LogP contribution is -2.29. The molecule has 3 heterocycles. The number of hydrogen-bond acceptors (Lipinski definition) is 4. The Hall–Kier alpha value is -3.53. The number of hydrogen-bond donors (Lipinski definition) is 2.